The molecule has 0 radical (unpaired) electrons. The highest BCUT2D eigenvalue weighted by Gasteiger charge is 2.17. The van der Waals surface area contributed by atoms with E-state index in [0.29, 0.717) is 17.9 Å². The van der Waals surface area contributed by atoms with Gasteiger partial charge in [-0.2, -0.15) is 13.1 Å². The van der Waals surface area contributed by atoms with E-state index < -0.39 is 10.2 Å². The van der Waals surface area contributed by atoms with Crippen LogP contribution in [0, 0.1) is 5.41 Å². The first kappa shape index (κ1) is 15.4. The number of ether oxygens (including phenoxy) is 1. The van der Waals surface area contributed by atoms with Crippen LogP contribution in [0.25, 0.3) is 0 Å². The van der Waals surface area contributed by atoms with Crippen LogP contribution in [0.15, 0.2) is 24.3 Å². The Labute approximate surface area is 113 Å². The summed E-state index contributed by atoms with van der Waals surface area (Å²) in [7, 11) is -0.659. The molecule has 19 heavy (non-hydrogen) atoms. The third-order valence-corrected chi connectivity index (χ3v) is 3.99. The Morgan fingerprint density at radius 3 is 2.47 bits per heavy atom. The highest BCUT2D eigenvalue weighted by atomic mass is 32.2. The van der Waals surface area contributed by atoms with E-state index in [0.717, 1.165) is 4.31 Å². The lowest BCUT2D eigenvalue weighted by Gasteiger charge is -2.20. The van der Waals surface area contributed by atoms with Gasteiger partial charge in [0.15, 0.2) is 0 Å². The normalized spacial score (nSPS) is 11.3. The van der Waals surface area contributed by atoms with Gasteiger partial charge in [-0.1, -0.05) is 0 Å². The Morgan fingerprint density at radius 2 is 2.00 bits per heavy atom. The van der Waals surface area contributed by atoms with Crippen molar-refractivity contribution in [2.24, 2.45) is 5.73 Å². The Balaban J connectivity index is 2.81. The van der Waals surface area contributed by atoms with E-state index in [2.05, 4.69) is 4.72 Å². The van der Waals surface area contributed by atoms with Gasteiger partial charge in [0.05, 0.1) is 12.3 Å². The van der Waals surface area contributed by atoms with E-state index in [9.17, 15) is 8.42 Å². The zero-order valence-electron chi connectivity index (χ0n) is 10.9. The molecule has 0 heterocycles. The van der Waals surface area contributed by atoms with Gasteiger partial charge in [-0.05, 0) is 24.3 Å². The van der Waals surface area contributed by atoms with Crippen LogP contribution in [-0.2, 0) is 14.9 Å². The molecule has 0 amide bonds. The van der Waals surface area contributed by atoms with Crippen LogP contribution in [0.4, 0.5) is 5.69 Å². The van der Waals surface area contributed by atoms with Gasteiger partial charge >= 0.3 is 10.2 Å². The highest BCUT2D eigenvalue weighted by Crippen LogP contribution is 2.15. The fourth-order valence-electron chi connectivity index (χ4n) is 1.36. The Kier molecular flexibility index (Phi) is 5.28. The second-order valence-electron chi connectivity index (χ2n) is 3.82. The number of nitrogens with zero attached hydrogens (tertiary/aromatic N) is 1. The minimum Gasteiger partial charge on any atom is -0.384 e. The van der Waals surface area contributed by atoms with Gasteiger partial charge < -0.3 is 10.5 Å². The number of nitrogen functional groups attached to an aromatic ring is 1. The number of hydrogen-bond donors (Lipinski definition) is 3. The number of nitrogens with one attached hydrogen (secondary N) is 2. The standard InChI is InChI=1S/C11H18N4O3S/c1-15(19(16,17)14-7-8-18-2)10-5-3-9(4-6-10)11(12)13/h3-6,14H,7-8H2,1-2H3,(H3,12,13). The Bertz CT molecular complexity index is 527. The molecule has 0 unspecified atom stereocenters. The van der Waals surface area contributed by atoms with Gasteiger partial charge in [-0.15, -0.1) is 0 Å². The molecule has 106 valence electrons. The minimum absolute atomic E-state index is 0.0599. The second-order valence-corrected chi connectivity index (χ2v) is 5.61. The third-order valence-electron chi connectivity index (χ3n) is 2.49. The molecule has 1 aromatic carbocycles. The molecule has 1 aromatic rings. The SMILES string of the molecule is COCCNS(=O)(=O)N(C)c1ccc(C(=N)N)cc1. The monoisotopic (exact) mass is 286 g/mol. The maximum absolute atomic E-state index is 11.9. The molecule has 0 spiro atoms. The molecule has 0 fully saturated rings. The van der Waals surface area contributed by atoms with E-state index in [1.165, 1.54) is 14.2 Å². The summed E-state index contributed by atoms with van der Waals surface area (Å²) < 4.78 is 32.1. The maximum atomic E-state index is 11.9. The Hall–Kier alpha value is -1.64. The maximum Gasteiger partial charge on any atom is 0.301 e. The van der Waals surface area contributed by atoms with Gasteiger partial charge in [0.2, 0.25) is 0 Å². The van der Waals surface area contributed by atoms with E-state index in [1.54, 1.807) is 24.3 Å². The number of amidine groups is 1. The number of hydrogen-bond acceptors (Lipinski definition) is 4. The summed E-state index contributed by atoms with van der Waals surface area (Å²) in [4.78, 5) is 0. The molecule has 4 N–H and O–H groups in total. The van der Waals surface area contributed by atoms with E-state index in [1.807, 2.05) is 0 Å². The Morgan fingerprint density at radius 1 is 1.42 bits per heavy atom. The molecular formula is C11H18N4O3S. The van der Waals surface area contributed by atoms with Crippen LogP contribution in [0.5, 0.6) is 0 Å². The molecule has 0 atom stereocenters. The number of benzene rings is 1. The lowest BCUT2D eigenvalue weighted by atomic mass is 10.2. The van der Waals surface area contributed by atoms with Crippen molar-refractivity contribution in [1.82, 2.24) is 4.72 Å². The van der Waals surface area contributed by atoms with Crippen LogP contribution in [-0.4, -0.2) is 41.6 Å². The van der Waals surface area contributed by atoms with Crippen molar-refractivity contribution in [2.45, 2.75) is 0 Å². The number of anilines is 1. The molecule has 7 nitrogen and oxygen atoms in total. The molecule has 0 aliphatic carbocycles. The second kappa shape index (κ2) is 6.50. The molecular weight excluding hydrogens is 268 g/mol. The molecule has 0 saturated heterocycles. The molecule has 0 aliphatic heterocycles. The molecule has 8 heteroatoms. The van der Waals surface area contributed by atoms with Crippen LogP contribution >= 0.6 is 0 Å². The third kappa shape index (κ3) is 4.19. The van der Waals surface area contributed by atoms with Crippen LogP contribution < -0.4 is 14.8 Å². The predicted molar refractivity (Wildman–Crippen MR) is 74.7 cm³/mol. The summed E-state index contributed by atoms with van der Waals surface area (Å²) in [5.41, 5.74) is 6.36. The lowest BCUT2D eigenvalue weighted by molar-refractivity contribution is 0.204. The predicted octanol–water partition coefficient (Wildman–Crippen LogP) is -0.112. The van der Waals surface area contributed by atoms with Crippen molar-refractivity contribution in [3.63, 3.8) is 0 Å². The summed E-state index contributed by atoms with van der Waals surface area (Å²) in [6, 6.07) is 6.37. The van der Waals surface area contributed by atoms with Crippen LogP contribution in [0.3, 0.4) is 0 Å². The molecule has 0 saturated carbocycles. The first-order chi connectivity index (χ1) is 8.88. The minimum atomic E-state index is -3.60. The van der Waals surface area contributed by atoms with E-state index in [-0.39, 0.29) is 12.4 Å². The van der Waals surface area contributed by atoms with Crippen molar-refractivity contribution in [3.8, 4) is 0 Å². The molecule has 0 aromatic heterocycles. The van der Waals surface area contributed by atoms with E-state index >= 15 is 0 Å². The summed E-state index contributed by atoms with van der Waals surface area (Å²) >= 11 is 0. The summed E-state index contributed by atoms with van der Waals surface area (Å²) in [6.07, 6.45) is 0. The number of rotatable bonds is 7. The van der Waals surface area contributed by atoms with Gasteiger partial charge in [-0.3, -0.25) is 9.71 Å². The van der Waals surface area contributed by atoms with Crippen molar-refractivity contribution in [1.29, 1.82) is 5.41 Å². The summed E-state index contributed by atoms with van der Waals surface area (Å²) in [5.74, 6) is -0.0599. The van der Waals surface area contributed by atoms with Gasteiger partial charge in [0.1, 0.15) is 5.84 Å². The molecule has 1 rings (SSSR count). The van der Waals surface area contributed by atoms with Crippen LogP contribution in [0.2, 0.25) is 0 Å². The van der Waals surface area contributed by atoms with Crippen LogP contribution in [0.1, 0.15) is 5.56 Å². The van der Waals surface area contributed by atoms with Crippen molar-refractivity contribution in [2.75, 3.05) is 31.6 Å². The average Bonchev–Trinajstić information content (AvgIpc) is 2.38. The van der Waals surface area contributed by atoms with Gasteiger partial charge in [0.25, 0.3) is 0 Å². The topological polar surface area (TPSA) is 109 Å². The first-order valence-electron chi connectivity index (χ1n) is 5.55. The lowest BCUT2D eigenvalue weighted by Crippen LogP contribution is -2.39. The number of nitrogens with two attached hydrogens (primary N) is 1. The highest BCUT2D eigenvalue weighted by molar-refractivity contribution is 7.90. The largest absolute Gasteiger partial charge is 0.384 e. The first-order valence-corrected chi connectivity index (χ1v) is 6.99. The smallest absolute Gasteiger partial charge is 0.301 e. The summed E-state index contributed by atoms with van der Waals surface area (Å²) in [6.45, 7) is 0.505. The van der Waals surface area contributed by atoms with Crippen molar-refractivity contribution in [3.05, 3.63) is 29.8 Å². The van der Waals surface area contributed by atoms with Gasteiger partial charge in [0, 0.05) is 26.3 Å². The van der Waals surface area contributed by atoms with Crippen molar-refractivity contribution >= 4 is 21.7 Å². The zero-order valence-corrected chi connectivity index (χ0v) is 11.7. The van der Waals surface area contributed by atoms with Gasteiger partial charge in [-0.25, -0.2) is 0 Å². The van der Waals surface area contributed by atoms with Crippen molar-refractivity contribution < 1.29 is 13.2 Å². The number of methoxy groups -OCH3 is 1. The summed E-state index contributed by atoms with van der Waals surface area (Å²) in [5, 5.41) is 7.27. The molecule has 0 bridgehead atoms. The fourth-order valence-corrected chi connectivity index (χ4v) is 2.29. The zero-order chi connectivity index (χ0) is 14.5. The quantitative estimate of drug-likeness (QED) is 0.369. The molecule has 0 aliphatic rings. The van der Waals surface area contributed by atoms with E-state index in [4.69, 9.17) is 15.9 Å². The fraction of sp³-hybridized carbons (Fsp3) is 0.364. The average molecular weight is 286 g/mol.